The van der Waals surface area contributed by atoms with Crippen LogP contribution in [0.3, 0.4) is 0 Å². The van der Waals surface area contributed by atoms with E-state index in [9.17, 15) is 5.11 Å². The minimum atomic E-state index is -2.53. The van der Waals surface area contributed by atoms with E-state index in [1.807, 2.05) is 0 Å². The normalized spacial score (nSPS) is 57.9. The van der Waals surface area contributed by atoms with Crippen LogP contribution in [0, 0.1) is 0 Å². The Morgan fingerprint density at radius 2 is 1.08 bits per heavy atom. The predicted octanol–water partition coefficient (Wildman–Crippen LogP) is -4.55. The van der Waals surface area contributed by atoms with Gasteiger partial charge in [0.05, 0.1) is 0 Å². The van der Waals surface area contributed by atoms with Crippen molar-refractivity contribution in [2.45, 2.75) is 36.2 Å². The molecule has 0 aromatic heterocycles. The topological polar surface area (TPSA) is 147 Å². The van der Waals surface area contributed by atoms with Gasteiger partial charge < -0.3 is 30.6 Å². The van der Waals surface area contributed by atoms with Crippen LogP contribution in [0.1, 0.15) is 0 Å². The highest BCUT2D eigenvalue weighted by Crippen LogP contribution is 2.26. The molecule has 6 atom stereocenters. The minimum Gasteiger partial charge on any atom is -0.387 e. The molecular weight excluding hydrogens is 182 g/mol. The summed E-state index contributed by atoms with van der Waals surface area (Å²) in [6, 6.07) is 0. The second-order valence-electron chi connectivity index (χ2n) is 3.25. The van der Waals surface area contributed by atoms with E-state index in [-0.39, 0.29) is 0 Å². The van der Waals surface area contributed by atoms with Gasteiger partial charge in [-0.15, -0.1) is 0 Å². The van der Waals surface area contributed by atoms with E-state index in [1.54, 1.807) is 0 Å². The van der Waals surface area contributed by atoms with E-state index in [4.69, 9.17) is 31.3 Å². The summed E-state index contributed by atoms with van der Waals surface area (Å²) < 4.78 is 0. The Morgan fingerprint density at radius 3 is 1.38 bits per heavy atom. The van der Waals surface area contributed by atoms with Crippen LogP contribution in [-0.2, 0) is 0 Å². The lowest BCUT2D eigenvalue weighted by Crippen LogP contribution is -2.74. The lowest BCUT2D eigenvalue weighted by atomic mass is 9.81. The molecule has 1 fully saturated rings. The van der Waals surface area contributed by atoms with Crippen LogP contribution in [0.5, 0.6) is 0 Å². The number of aliphatic hydroxyl groups excluding tert-OH is 5. The number of nitrogens with two attached hydrogens (primary N) is 1. The van der Waals surface area contributed by atoms with Crippen LogP contribution >= 0.6 is 0 Å². The van der Waals surface area contributed by atoms with Crippen molar-refractivity contribution in [1.82, 2.24) is 0 Å². The van der Waals surface area contributed by atoms with E-state index < -0.39 is 36.2 Å². The van der Waals surface area contributed by atoms with Gasteiger partial charge in [-0.3, -0.25) is 5.73 Å². The smallest absolute Gasteiger partial charge is 0.171 e. The highest BCUT2D eigenvalue weighted by atomic mass is 16.4. The van der Waals surface area contributed by atoms with Gasteiger partial charge in [0, 0.05) is 0 Å². The molecule has 13 heavy (non-hydrogen) atoms. The van der Waals surface area contributed by atoms with Crippen molar-refractivity contribution >= 4 is 0 Å². The van der Waals surface area contributed by atoms with Crippen LogP contribution in [0.2, 0.25) is 0 Å². The van der Waals surface area contributed by atoms with Crippen molar-refractivity contribution in [3.8, 4) is 0 Å². The molecular formula is C6H13NO6. The van der Waals surface area contributed by atoms with Crippen LogP contribution in [0.4, 0.5) is 0 Å². The molecule has 1 saturated carbocycles. The third kappa shape index (κ3) is 1.44. The molecule has 0 radical (unpaired) electrons. The first-order valence-corrected chi connectivity index (χ1v) is 3.71. The Kier molecular flexibility index (Phi) is 2.61. The Bertz CT molecular complexity index is 180. The molecule has 1 aliphatic rings. The van der Waals surface area contributed by atoms with Crippen molar-refractivity contribution in [2.24, 2.45) is 5.73 Å². The third-order valence-electron chi connectivity index (χ3n) is 2.29. The number of hydrogen-bond acceptors (Lipinski definition) is 7. The molecule has 78 valence electrons. The number of hydrogen-bond donors (Lipinski definition) is 7. The van der Waals surface area contributed by atoms with Crippen molar-refractivity contribution in [1.29, 1.82) is 0 Å². The van der Waals surface area contributed by atoms with Gasteiger partial charge in [0.2, 0.25) is 0 Å². The minimum absolute atomic E-state index is 1.74. The maximum atomic E-state index is 9.22. The van der Waals surface area contributed by atoms with Crippen LogP contribution in [0.25, 0.3) is 0 Å². The van der Waals surface area contributed by atoms with Crippen molar-refractivity contribution < 1.29 is 30.6 Å². The Hall–Kier alpha value is -0.280. The molecule has 7 heteroatoms. The molecule has 0 bridgehead atoms. The maximum Gasteiger partial charge on any atom is 0.171 e. The zero-order valence-electron chi connectivity index (χ0n) is 6.65. The number of rotatable bonds is 0. The van der Waals surface area contributed by atoms with Gasteiger partial charge in [0.25, 0.3) is 0 Å². The molecule has 0 spiro atoms. The van der Waals surface area contributed by atoms with Gasteiger partial charge in [-0.25, -0.2) is 0 Å². The predicted molar refractivity (Wildman–Crippen MR) is 39.2 cm³/mol. The zero-order valence-corrected chi connectivity index (χ0v) is 6.65. The van der Waals surface area contributed by atoms with Gasteiger partial charge in [0.15, 0.2) is 5.72 Å². The van der Waals surface area contributed by atoms with Gasteiger partial charge >= 0.3 is 0 Å². The van der Waals surface area contributed by atoms with E-state index in [1.165, 1.54) is 0 Å². The third-order valence-corrected chi connectivity index (χ3v) is 2.29. The average molecular weight is 195 g/mol. The summed E-state index contributed by atoms with van der Waals surface area (Å²) >= 11 is 0. The lowest BCUT2D eigenvalue weighted by molar-refractivity contribution is -0.265. The fraction of sp³-hybridized carbons (Fsp3) is 1.00. The summed E-state index contributed by atoms with van der Waals surface area (Å²) in [5.74, 6) is 0. The van der Waals surface area contributed by atoms with Gasteiger partial charge in [0.1, 0.15) is 30.5 Å². The second kappa shape index (κ2) is 3.14. The first-order valence-electron chi connectivity index (χ1n) is 3.71. The van der Waals surface area contributed by atoms with Crippen molar-refractivity contribution in [3.05, 3.63) is 0 Å². The fourth-order valence-electron chi connectivity index (χ4n) is 1.30. The van der Waals surface area contributed by atoms with Gasteiger partial charge in [-0.1, -0.05) is 0 Å². The lowest BCUT2D eigenvalue weighted by Gasteiger charge is -2.45. The monoisotopic (exact) mass is 195 g/mol. The van der Waals surface area contributed by atoms with Crippen LogP contribution in [-0.4, -0.2) is 66.9 Å². The van der Waals surface area contributed by atoms with E-state index in [2.05, 4.69) is 0 Å². The van der Waals surface area contributed by atoms with Gasteiger partial charge in [-0.2, -0.15) is 0 Å². The van der Waals surface area contributed by atoms with E-state index in [0.29, 0.717) is 0 Å². The summed E-state index contributed by atoms with van der Waals surface area (Å²) in [5, 5.41) is 54.6. The van der Waals surface area contributed by atoms with Crippen molar-refractivity contribution in [2.75, 3.05) is 0 Å². The first kappa shape index (κ1) is 10.8. The average Bonchev–Trinajstić information content (AvgIpc) is 2.09. The number of aliphatic hydroxyl groups is 6. The molecule has 0 aromatic rings. The summed E-state index contributed by atoms with van der Waals surface area (Å²) in [6.07, 6.45) is -9.17. The van der Waals surface area contributed by atoms with Gasteiger partial charge in [-0.05, 0) is 0 Å². The Labute approximate surface area is 73.7 Å². The van der Waals surface area contributed by atoms with Crippen molar-refractivity contribution in [3.63, 3.8) is 0 Å². The quantitative estimate of drug-likeness (QED) is 0.192. The maximum absolute atomic E-state index is 9.22. The van der Waals surface area contributed by atoms with Crippen LogP contribution in [0.15, 0.2) is 0 Å². The zero-order chi connectivity index (χ0) is 10.4. The highest BCUT2D eigenvalue weighted by Gasteiger charge is 2.55. The summed E-state index contributed by atoms with van der Waals surface area (Å²) in [7, 11) is 0. The summed E-state index contributed by atoms with van der Waals surface area (Å²) in [6.45, 7) is 0. The molecule has 0 amide bonds. The first-order chi connectivity index (χ1) is 5.80. The molecule has 8 N–H and O–H groups in total. The standard InChI is InChI=1S/C6H13NO6/c7-6(13)4(11)2(9)1(8)3(10)5(6)12/h1-5,8-13H,7H2/t1-,2-,3+,4-,5-,6-/m1/s1. The molecule has 0 unspecified atom stereocenters. The van der Waals surface area contributed by atoms with Crippen LogP contribution < -0.4 is 5.73 Å². The van der Waals surface area contributed by atoms with E-state index in [0.717, 1.165) is 0 Å². The molecule has 0 heterocycles. The molecule has 0 aromatic carbocycles. The summed E-state index contributed by atoms with van der Waals surface area (Å²) in [4.78, 5) is 0. The SMILES string of the molecule is N[C@@]1(O)[C@H](O)[C@H](O)[C@@H](O)[C@H](O)[C@H]1O. The molecule has 1 aliphatic carbocycles. The Balaban J connectivity index is 2.93. The van der Waals surface area contributed by atoms with E-state index >= 15 is 0 Å². The molecule has 7 nitrogen and oxygen atoms in total. The molecule has 0 saturated heterocycles. The molecule has 0 aliphatic heterocycles. The Morgan fingerprint density at radius 1 is 0.769 bits per heavy atom. The largest absolute Gasteiger partial charge is 0.387 e. The highest BCUT2D eigenvalue weighted by molar-refractivity contribution is 5.05. The summed E-state index contributed by atoms with van der Waals surface area (Å²) in [5.41, 5.74) is 2.50. The fourth-order valence-corrected chi connectivity index (χ4v) is 1.30. The molecule has 1 rings (SSSR count). The second-order valence-corrected chi connectivity index (χ2v) is 3.25.